The van der Waals surface area contributed by atoms with Crippen LogP contribution >= 0.6 is 33.9 Å². The lowest BCUT2D eigenvalue weighted by atomic mass is 9.89. The molecule has 116 valence electrons. The molecule has 1 aromatic carbocycles. The number of amides is 1. The number of benzene rings is 1. The van der Waals surface area contributed by atoms with E-state index in [0.29, 0.717) is 12.8 Å². The van der Waals surface area contributed by atoms with Crippen LogP contribution < -0.4 is 5.32 Å². The van der Waals surface area contributed by atoms with Gasteiger partial charge in [0.2, 0.25) is 0 Å². The summed E-state index contributed by atoms with van der Waals surface area (Å²) in [5.41, 5.74) is 0.0875. The first-order valence-electron chi connectivity index (χ1n) is 5.99. The number of hydrogen-bond donors (Lipinski definition) is 1. The maximum atomic E-state index is 12.1. The number of methoxy groups -OCH3 is 1. The van der Waals surface area contributed by atoms with Crippen molar-refractivity contribution < 1.29 is 17.9 Å². The van der Waals surface area contributed by atoms with Crippen LogP contribution in [0.1, 0.15) is 23.2 Å². The third-order valence-electron chi connectivity index (χ3n) is 3.28. The van der Waals surface area contributed by atoms with Crippen LogP contribution in [0.15, 0.2) is 17.0 Å². The van der Waals surface area contributed by atoms with Gasteiger partial charge < -0.3 is 10.1 Å². The summed E-state index contributed by atoms with van der Waals surface area (Å²) in [5.74, 6) is -0.435. The highest BCUT2D eigenvalue weighted by Crippen LogP contribution is 2.33. The van der Waals surface area contributed by atoms with Crippen LogP contribution in [0.5, 0.6) is 0 Å². The zero-order chi connectivity index (χ0) is 15.8. The summed E-state index contributed by atoms with van der Waals surface area (Å²) in [6, 6.07) is 2.41. The summed E-state index contributed by atoms with van der Waals surface area (Å²) in [6.07, 6.45) is 1.57. The molecule has 0 radical (unpaired) electrons. The molecule has 1 N–H and O–H groups in total. The van der Waals surface area contributed by atoms with Crippen molar-refractivity contribution in [3.63, 3.8) is 0 Å². The quantitative estimate of drug-likeness (QED) is 0.825. The van der Waals surface area contributed by atoms with Gasteiger partial charge in [-0.3, -0.25) is 4.79 Å². The lowest BCUT2D eigenvalue weighted by molar-refractivity contribution is 0.0176. The summed E-state index contributed by atoms with van der Waals surface area (Å²) < 4.78 is 28.0. The zero-order valence-electron chi connectivity index (χ0n) is 10.9. The van der Waals surface area contributed by atoms with Crippen LogP contribution in [-0.2, 0) is 13.8 Å². The van der Waals surface area contributed by atoms with E-state index in [1.807, 2.05) is 0 Å². The molecular formula is C12H12Cl3NO4S. The molecule has 1 fully saturated rings. The van der Waals surface area contributed by atoms with Gasteiger partial charge in [-0.05, 0) is 25.0 Å². The largest absolute Gasteiger partial charge is 0.381 e. The summed E-state index contributed by atoms with van der Waals surface area (Å²) >= 11 is 11.6. The maximum absolute atomic E-state index is 12.1. The van der Waals surface area contributed by atoms with E-state index in [1.165, 1.54) is 6.07 Å². The van der Waals surface area contributed by atoms with Gasteiger partial charge in [-0.25, -0.2) is 8.42 Å². The van der Waals surface area contributed by atoms with Gasteiger partial charge in [0.1, 0.15) is 4.90 Å². The fourth-order valence-electron chi connectivity index (χ4n) is 2.02. The van der Waals surface area contributed by atoms with E-state index in [2.05, 4.69) is 5.32 Å². The summed E-state index contributed by atoms with van der Waals surface area (Å²) in [7, 11) is 2.80. The predicted octanol–water partition coefficient (Wildman–Crippen LogP) is 2.83. The van der Waals surface area contributed by atoms with Crippen LogP contribution in [0.2, 0.25) is 10.0 Å². The minimum absolute atomic E-state index is 0.00652. The van der Waals surface area contributed by atoms with Crippen LogP contribution in [0.4, 0.5) is 0 Å². The number of carbonyl (C=O) groups is 1. The van der Waals surface area contributed by atoms with Crippen molar-refractivity contribution in [3.05, 3.63) is 27.7 Å². The fourth-order valence-corrected chi connectivity index (χ4v) is 3.78. The van der Waals surface area contributed by atoms with Crippen molar-refractivity contribution in [3.8, 4) is 0 Å². The minimum Gasteiger partial charge on any atom is -0.381 e. The second kappa shape index (κ2) is 6.30. The Morgan fingerprint density at radius 1 is 1.33 bits per heavy atom. The van der Waals surface area contributed by atoms with Gasteiger partial charge in [-0.1, -0.05) is 23.2 Å². The molecule has 1 aliphatic carbocycles. The lowest BCUT2D eigenvalue weighted by Crippen LogP contribution is -2.47. The lowest BCUT2D eigenvalue weighted by Gasteiger charge is -2.34. The van der Waals surface area contributed by atoms with Crippen molar-refractivity contribution in [1.82, 2.24) is 5.32 Å². The molecule has 9 heteroatoms. The minimum atomic E-state index is -4.09. The van der Waals surface area contributed by atoms with Gasteiger partial charge in [-0.2, -0.15) is 0 Å². The molecule has 0 aromatic heterocycles. The number of hydrogen-bond acceptors (Lipinski definition) is 4. The predicted molar refractivity (Wildman–Crippen MR) is 80.8 cm³/mol. The number of nitrogens with one attached hydrogen (secondary N) is 1. The monoisotopic (exact) mass is 371 g/mol. The Bertz CT molecular complexity index is 671. The Balaban J connectivity index is 2.20. The molecular weight excluding hydrogens is 361 g/mol. The van der Waals surface area contributed by atoms with Gasteiger partial charge >= 0.3 is 0 Å². The van der Waals surface area contributed by atoms with Crippen molar-refractivity contribution in [2.45, 2.75) is 29.9 Å². The molecule has 1 saturated carbocycles. The Morgan fingerprint density at radius 3 is 2.48 bits per heavy atom. The third kappa shape index (κ3) is 3.81. The summed E-state index contributed by atoms with van der Waals surface area (Å²) in [5, 5.41) is 2.51. The average Bonchev–Trinajstić information content (AvgIpc) is 2.34. The molecule has 0 aliphatic heterocycles. The summed E-state index contributed by atoms with van der Waals surface area (Å²) in [4.78, 5) is 11.7. The highest BCUT2D eigenvalue weighted by Gasteiger charge is 2.31. The second-order valence-corrected chi connectivity index (χ2v) is 8.03. The molecule has 1 aliphatic rings. The number of carbonyl (C=O) groups excluding carboxylic acids is 1. The molecule has 0 spiro atoms. The van der Waals surface area contributed by atoms with Crippen LogP contribution in [0, 0.1) is 0 Å². The summed E-state index contributed by atoms with van der Waals surface area (Å²) in [6.45, 7) is 0. The molecule has 1 amide bonds. The maximum Gasteiger partial charge on any atom is 0.262 e. The van der Waals surface area contributed by atoms with E-state index in [4.69, 9.17) is 38.6 Å². The SMILES string of the molecule is COC1CC(NC(=O)c2cc(Cl)c(Cl)c(S(=O)(=O)Cl)c2)C1. The number of halogens is 3. The van der Waals surface area contributed by atoms with Gasteiger partial charge in [0, 0.05) is 29.4 Å². The van der Waals surface area contributed by atoms with Gasteiger partial charge in [0.05, 0.1) is 16.1 Å². The number of ether oxygens (including phenoxy) is 1. The first-order chi connectivity index (χ1) is 9.72. The third-order valence-corrected chi connectivity index (χ3v) is 5.54. The van der Waals surface area contributed by atoms with E-state index in [0.717, 1.165) is 6.07 Å². The van der Waals surface area contributed by atoms with Crippen LogP contribution in [-0.4, -0.2) is 33.6 Å². The molecule has 0 heterocycles. The Morgan fingerprint density at radius 2 is 1.95 bits per heavy atom. The van der Waals surface area contributed by atoms with E-state index < -0.39 is 15.0 Å². The molecule has 0 bridgehead atoms. The zero-order valence-corrected chi connectivity index (χ0v) is 14.0. The van der Waals surface area contributed by atoms with E-state index in [1.54, 1.807) is 7.11 Å². The molecule has 0 saturated heterocycles. The average molecular weight is 373 g/mol. The van der Waals surface area contributed by atoms with Crippen molar-refractivity contribution in [1.29, 1.82) is 0 Å². The Labute approximate surface area is 136 Å². The van der Waals surface area contributed by atoms with E-state index in [-0.39, 0.29) is 32.7 Å². The number of rotatable bonds is 4. The highest BCUT2D eigenvalue weighted by atomic mass is 35.7. The van der Waals surface area contributed by atoms with Crippen LogP contribution in [0.25, 0.3) is 0 Å². The second-order valence-electron chi connectivity index (χ2n) is 4.71. The molecule has 21 heavy (non-hydrogen) atoms. The standard InChI is InChI=1S/C12H12Cl3NO4S/c1-20-8-4-7(5-8)16-12(17)6-2-9(13)11(14)10(3-6)21(15,18)19/h2-3,7-8H,4-5H2,1H3,(H,16,17). The highest BCUT2D eigenvalue weighted by molar-refractivity contribution is 8.13. The molecule has 5 nitrogen and oxygen atoms in total. The first kappa shape index (κ1) is 16.8. The van der Waals surface area contributed by atoms with Crippen molar-refractivity contribution in [2.24, 2.45) is 0 Å². The molecule has 0 atom stereocenters. The molecule has 0 unspecified atom stereocenters. The van der Waals surface area contributed by atoms with Crippen molar-refractivity contribution >= 4 is 48.8 Å². The normalized spacial score (nSPS) is 21.7. The Hall–Kier alpha value is -0.530. The van der Waals surface area contributed by atoms with E-state index >= 15 is 0 Å². The first-order valence-corrected chi connectivity index (χ1v) is 9.06. The molecule has 1 aromatic rings. The topological polar surface area (TPSA) is 72.5 Å². The molecule has 2 rings (SSSR count). The van der Waals surface area contributed by atoms with Gasteiger partial charge in [0.15, 0.2) is 0 Å². The van der Waals surface area contributed by atoms with Crippen molar-refractivity contribution in [2.75, 3.05) is 7.11 Å². The van der Waals surface area contributed by atoms with E-state index in [9.17, 15) is 13.2 Å². The van der Waals surface area contributed by atoms with Gasteiger partial charge in [0.25, 0.3) is 15.0 Å². The van der Waals surface area contributed by atoms with Gasteiger partial charge in [-0.15, -0.1) is 0 Å². The smallest absolute Gasteiger partial charge is 0.262 e. The Kier molecular flexibility index (Phi) is 5.05. The fraction of sp³-hybridized carbons (Fsp3) is 0.417. The van der Waals surface area contributed by atoms with Crippen LogP contribution in [0.3, 0.4) is 0 Å².